The van der Waals surface area contributed by atoms with E-state index in [9.17, 15) is 24.9 Å². The Kier molecular flexibility index (Phi) is 7.10. The third-order valence-electron chi connectivity index (χ3n) is 5.33. The van der Waals surface area contributed by atoms with E-state index in [-0.39, 0.29) is 16.5 Å². The Bertz CT molecular complexity index is 806. The standard InChI is InChI=1S/C18H28N2O6.Sn/c1-4-6-8-17(25)14(22)13(11-21)26-18(17,9-7-5-2)20-10-12(3)15(23)19-16(20)24;/h10,13-14,21-22,25H,4-9H2,1-3H3,(H,19,23,24);/t13-,14-,17-,18-;/m1./s1. The molecular formula is C18H28N2O6Sn. The van der Waals surface area contributed by atoms with Crippen molar-refractivity contribution in [2.24, 2.45) is 0 Å². The van der Waals surface area contributed by atoms with Crippen LogP contribution in [0.5, 0.6) is 0 Å². The number of nitrogens with zero attached hydrogens (tertiary/aromatic N) is 1. The van der Waals surface area contributed by atoms with E-state index in [4.69, 9.17) is 4.74 Å². The SMILES string of the molecule is CCCC[C@@]1(O)[C@H](O)[C@@H]([C](O)=[Sn])O[C@@]1(CCCC)n1cc(C)c(=O)[nH]c1=O. The van der Waals surface area contributed by atoms with E-state index in [1.807, 2.05) is 13.8 Å². The minimum absolute atomic E-state index is 0.0859. The third kappa shape index (κ3) is 3.81. The average Bonchev–Trinajstić information content (AvgIpc) is 2.84. The predicted molar refractivity (Wildman–Crippen MR) is 102 cm³/mol. The summed E-state index contributed by atoms with van der Waals surface area (Å²) in [4.78, 5) is 26.8. The van der Waals surface area contributed by atoms with E-state index in [0.717, 1.165) is 12.8 Å². The molecule has 1 aliphatic rings. The van der Waals surface area contributed by atoms with Crippen molar-refractivity contribution in [1.29, 1.82) is 0 Å². The Morgan fingerprint density at radius 1 is 1.30 bits per heavy atom. The first-order valence-corrected chi connectivity index (χ1v) is 10.8. The van der Waals surface area contributed by atoms with E-state index < -0.39 is 34.8 Å². The number of unbranched alkanes of at least 4 members (excludes halogenated alkanes) is 2. The van der Waals surface area contributed by atoms with Gasteiger partial charge in [-0.3, -0.25) is 0 Å². The van der Waals surface area contributed by atoms with Crippen LogP contribution in [-0.4, -0.2) is 68.4 Å². The van der Waals surface area contributed by atoms with Crippen LogP contribution < -0.4 is 11.2 Å². The molecular weight excluding hydrogens is 459 g/mol. The van der Waals surface area contributed by atoms with Gasteiger partial charge < -0.3 is 0 Å². The minimum atomic E-state index is -1.79. The van der Waals surface area contributed by atoms with Crippen molar-refractivity contribution in [3.8, 4) is 0 Å². The average molecular weight is 487 g/mol. The molecule has 1 aromatic heterocycles. The molecule has 8 nitrogen and oxygen atoms in total. The molecule has 1 aliphatic heterocycles. The maximum atomic E-state index is 12.7. The molecule has 2 heterocycles. The Balaban J connectivity index is 2.76. The van der Waals surface area contributed by atoms with Crippen LogP contribution >= 0.6 is 0 Å². The number of aromatic nitrogens is 2. The molecule has 0 aromatic carbocycles. The van der Waals surface area contributed by atoms with Crippen LogP contribution in [0.25, 0.3) is 0 Å². The summed E-state index contributed by atoms with van der Waals surface area (Å²) in [5.74, 6) is 0. The second-order valence-corrected chi connectivity index (χ2v) is 8.69. The van der Waals surface area contributed by atoms with Crippen LogP contribution in [0.4, 0.5) is 0 Å². The van der Waals surface area contributed by atoms with Gasteiger partial charge in [0.25, 0.3) is 0 Å². The maximum absolute atomic E-state index is 12.7. The number of aliphatic hydroxyl groups excluding tert-OH is 2. The first-order chi connectivity index (χ1) is 12.6. The summed E-state index contributed by atoms with van der Waals surface area (Å²) in [5.41, 5.74) is -4.31. The van der Waals surface area contributed by atoms with Gasteiger partial charge in [-0.25, -0.2) is 0 Å². The zero-order chi connectivity index (χ0) is 20.4. The van der Waals surface area contributed by atoms with Crippen molar-refractivity contribution in [2.75, 3.05) is 0 Å². The number of aliphatic hydroxyl groups is 3. The van der Waals surface area contributed by atoms with Crippen molar-refractivity contribution in [1.82, 2.24) is 9.55 Å². The summed E-state index contributed by atoms with van der Waals surface area (Å²) < 4.78 is 7.18. The van der Waals surface area contributed by atoms with Gasteiger partial charge in [0.05, 0.1) is 0 Å². The topological polar surface area (TPSA) is 125 Å². The summed E-state index contributed by atoms with van der Waals surface area (Å²) in [6.07, 6.45) is 2.11. The molecule has 0 aliphatic carbocycles. The zero-order valence-electron chi connectivity index (χ0n) is 16.0. The molecule has 0 saturated carbocycles. The number of aromatic amines is 1. The molecule has 4 N–H and O–H groups in total. The number of hydrogen-bond acceptors (Lipinski definition) is 6. The molecule has 2 radical (unpaired) electrons. The summed E-state index contributed by atoms with van der Waals surface area (Å²) in [7, 11) is 0. The summed E-state index contributed by atoms with van der Waals surface area (Å²) >= 11 is 0.657. The Morgan fingerprint density at radius 2 is 1.89 bits per heavy atom. The van der Waals surface area contributed by atoms with Gasteiger partial charge in [-0.05, 0) is 0 Å². The van der Waals surface area contributed by atoms with E-state index in [1.165, 1.54) is 10.8 Å². The molecule has 150 valence electrons. The normalized spacial score (nSPS) is 30.6. The van der Waals surface area contributed by atoms with Crippen LogP contribution in [0.15, 0.2) is 15.8 Å². The number of ether oxygens (including phenoxy) is 1. The molecule has 1 saturated heterocycles. The second-order valence-electron chi connectivity index (χ2n) is 7.23. The van der Waals surface area contributed by atoms with Gasteiger partial charge in [-0.15, -0.1) is 0 Å². The Morgan fingerprint density at radius 3 is 2.44 bits per heavy atom. The van der Waals surface area contributed by atoms with E-state index in [2.05, 4.69) is 4.98 Å². The van der Waals surface area contributed by atoms with Gasteiger partial charge in [0, 0.05) is 0 Å². The van der Waals surface area contributed by atoms with Crippen LogP contribution in [0.1, 0.15) is 57.9 Å². The number of rotatable bonds is 8. The van der Waals surface area contributed by atoms with Crippen LogP contribution in [0, 0.1) is 6.92 Å². The monoisotopic (exact) mass is 488 g/mol. The quantitative estimate of drug-likeness (QED) is 0.384. The fraction of sp³-hybridized carbons (Fsp3) is 0.722. The zero-order valence-corrected chi connectivity index (χ0v) is 18.8. The van der Waals surface area contributed by atoms with Crippen LogP contribution in [0.3, 0.4) is 0 Å². The summed E-state index contributed by atoms with van der Waals surface area (Å²) in [5, 5.41) is 32.6. The molecule has 27 heavy (non-hydrogen) atoms. The number of H-pyrrole nitrogens is 1. The molecule has 0 spiro atoms. The summed E-state index contributed by atoms with van der Waals surface area (Å²) in [6, 6.07) is 0. The first-order valence-electron chi connectivity index (χ1n) is 9.33. The van der Waals surface area contributed by atoms with Crippen LogP contribution in [-0.2, 0) is 10.5 Å². The second kappa shape index (κ2) is 8.58. The van der Waals surface area contributed by atoms with Gasteiger partial charge in [-0.2, -0.15) is 0 Å². The molecule has 0 amide bonds. The molecule has 0 unspecified atom stereocenters. The van der Waals surface area contributed by atoms with Gasteiger partial charge in [0.1, 0.15) is 0 Å². The molecule has 0 bridgehead atoms. The van der Waals surface area contributed by atoms with Gasteiger partial charge in [-0.1, -0.05) is 0 Å². The van der Waals surface area contributed by atoms with Crippen molar-refractivity contribution >= 4 is 25.8 Å². The van der Waals surface area contributed by atoms with Crippen molar-refractivity contribution < 1.29 is 20.1 Å². The number of hydrogen-bond donors (Lipinski definition) is 4. The van der Waals surface area contributed by atoms with Crippen LogP contribution in [0.2, 0.25) is 0 Å². The number of aryl methyl sites for hydroxylation is 1. The fourth-order valence-corrected chi connectivity index (χ4v) is 4.38. The van der Waals surface area contributed by atoms with E-state index in [0.29, 0.717) is 40.5 Å². The fourth-order valence-electron chi connectivity index (χ4n) is 3.77. The summed E-state index contributed by atoms with van der Waals surface area (Å²) in [6.45, 7) is 5.49. The van der Waals surface area contributed by atoms with Crippen molar-refractivity contribution in [3.05, 3.63) is 32.6 Å². The molecule has 4 atom stereocenters. The number of nitrogens with one attached hydrogen (secondary N) is 1. The first kappa shape index (κ1) is 22.3. The Labute approximate surface area is 170 Å². The van der Waals surface area contributed by atoms with Gasteiger partial charge in [0.15, 0.2) is 0 Å². The van der Waals surface area contributed by atoms with Gasteiger partial charge in [0.2, 0.25) is 0 Å². The molecule has 1 aromatic rings. The van der Waals surface area contributed by atoms with E-state index >= 15 is 0 Å². The van der Waals surface area contributed by atoms with Gasteiger partial charge >= 0.3 is 171 Å². The Hall–Kier alpha value is -0.971. The van der Waals surface area contributed by atoms with E-state index in [1.54, 1.807) is 6.92 Å². The predicted octanol–water partition coefficient (Wildman–Crippen LogP) is 0.0399. The third-order valence-corrected chi connectivity index (χ3v) is 6.15. The van der Waals surface area contributed by atoms with Crippen molar-refractivity contribution in [2.45, 2.75) is 82.8 Å². The molecule has 2 rings (SSSR count). The molecule has 1 fully saturated rings. The molecule has 9 heteroatoms. The van der Waals surface area contributed by atoms with Crippen molar-refractivity contribution in [3.63, 3.8) is 0 Å².